The monoisotopic (exact) mass is 435 g/mol. The molecule has 0 aliphatic carbocycles. The van der Waals surface area contributed by atoms with E-state index in [0.717, 1.165) is 36.5 Å². The fraction of sp³-hybridized carbons (Fsp3) is 0.273. The molecule has 5 rings (SSSR count). The molecule has 31 heavy (non-hydrogen) atoms. The second kappa shape index (κ2) is 8.49. The molecule has 0 spiro atoms. The Morgan fingerprint density at radius 2 is 1.74 bits per heavy atom. The molecule has 4 heterocycles. The van der Waals surface area contributed by atoms with Gasteiger partial charge in [-0.25, -0.2) is 9.67 Å². The first-order valence-corrected chi connectivity index (χ1v) is 10.6. The first kappa shape index (κ1) is 19.7. The number of pyridine rings is 1. The Hall–Kier alpha value is -3.23. The van der Waals surface area contributed by atoms with E-state index in [9.17, 15) is 4.79 Å². The standard InChI is InChI=1S/C22H22ClN7O/c23-18-6-7-21-24-19(15-29(21)13-18)14-27-8-10-28(11-9-27)22(31)20-16-30(26-25-20)12-17-4-2-1-3-5-17/h1-7,13,15-16H,8-12,14H2. The van der Waals surface area contributed by atoms with Crippen molar-refractivity contribution in [2.75, 3.05) is 26.2 Å². The van der Waals surface area contributed by atoms with E-state index in [-0.39, 0.29) is 5.91 Å². The molecule has 0 saturated carbocycles. The van der Waals surface area contributed by atoms with Gasteiger partial charge in [0.15, 0.2) is 5.69 Å². The summed E-state index contributed by atoms with van der Waals surface area (Å²) in [4.78, 5) is 21.6. The predicted octanol–water partition coefficient (Wildman–Crippen LogP) is 2.59. The highest BCUT2D eigenvalue weighted by atomic mass is 35.5. The van der Waals surface area contributed by atoms with Crippen molar-refractivity contribution in [3.05, 3.63) is 83.0 Å². The topological polar surface area (TPSA) is 71.6 Å². The lowest BCUT2D eigenvalue weighted by molar-refractivity contribution is 0.0621. The molecule has 3 aromatic heterocycles. The lowest BCUT2D eigenvalue weighted by Crippen LogP contribution is -2.48. The van der Waals surface area contributed by atoms with E-state index in [1.165, 1.54) is 0 Å². The summed E-state index contributed by atoms with van der Waals surface area (Å²) in [6.45, 7) is 4.23. The number of rotatable bonds is 5. The molecule has 0 unspecified atom stereocenters. The van der Waals surface area contributed by atoms with Crippen LogP contribution in [0, 0.1) is 0 Å². The molecule has 4 aromatic rings. The summed E-state index contributed by atoms with van der Waals surface area (Å²) in [6.07, 6.45) is 5.59. The van der Waals surface area contributed by atoms with Crippen LogP contribution in [-0.2, 0) is 13.1 Å². The zero-order valence-electron chi connectivity index (χ0n) is 16.9. The summed E-state index contributed by atoms with van der Waals surface area (Å²) < 4.78 is 3.64. The van der Waals surface area contributed by atoms with Crippen molar-refractivity contribution in [2.45, 2.75) is 13.1 Å². The predicted molar refractivity (Wildman–Crippen MR) is 117 cm³/mol. The third-order valence-corrected chi connectivity index (χ3v) is 5.68. The SMILES string of the molecule is O=C(c1cn(Cc2ccccc2)nn1)N1CCN(Cc2cn3cc(Cl)ccc3n2)CC1. The highest BCUT2D eigenvalue weighted by molar-refractivity contribution is 6.30. The molecule has 1 saturated heterocycles. The number of piperazine rings is 1. The minimum atomic E-state index is -0.0682. The molecular formula is C22H22ClN7O. The van der Waals surface area contributed by atoms with E-state index in [0.29, 0.717) is 30.4 Å². The molecule has 0 bridgehead atoms. The Morgan fingerprint density at radius 3 is 2.55 bits per heavy atom. The van der Waals surface area contributed by atoms with Crippen LogP contribution < -0.4 is 0 Å². The molecule has 0 N–H and O–H groups in total. The highest BCUT2D eigenvalue weighted by Crippen LogP contribution is 2.14. The number of hydrogen-bond donors (Lipinski definition) is 0. The summed E-state index contributed by atoms with van der Waals surface area (Å²) in [5.41, 5.74) is 3.38. The van der Waals surface area contributed by atoms with Gasteiger partial charge in [-0.2, -0.15) is 0 Å². The second-order valence-electron chi connectivity index (χ2n) is 7.70. The molecule has 158 valence electrons. The van der Waals surface area contributed by atoms with Crippen molar-refractivity contribution in [3.8, 4) is 0 Å². The van der Waals surface area contributed by atoms with E-state index >= 15 is 0 Å². The van der Waals surface area contributed by atoms with Gasteiger partial charge in [0, 0.05) is 45.1 Å². The highest BCUT2D eigenvalue weighted by Gasteiger charge is 2.24. The van der Waals surface area contributed by atoms with Gasteiger partial charge in [0.1, 0.15) is 5.65 Å². The van der Waals surface area contributed by atoms with E-state index in [1.54, 1.807) is 10.9 Å². The Labute approximate surface area is 184 Å². The van der Waals surface area contributed by atoms with Crippen molar-refractivity contribution in [2.24, 2.45) is 0 Å². The number of hydrogen-bond acceptors (Lipinski definition) is 5. The number of aromatic nitrogens is 5. The molecular weight excluding hydrogens is 414 g/mol. The normalized spacial score (nSPS) is 14.9. The fourth-order valence-electron chi connectivity index (χ4n) is 3.84. The minimum absolute atomic E-state index is 0.0682. The largest absolute Gasteiger partial charge is 0.335 e. The molecule has 1 fully saturated rings. The van der Waals surface area contributed by atoms with Crippen LogP contribution >= 0.6 is 11.6 Å². The number of fused-ring (bicyclic) bond motifs is 1. The maximum atomic E-state index is 12.8. The van der Waals surface area contributed by atoms with E-state index < -0.39 is 0 Å². The van der Waals surface area contributed by atoms with Gasteiger partial charge in [-0.05, 0) is 17.7 Å². The maximum Gasteiger partial charge on any atom is 0.276 e. The molecule has 1 amide bonds. The quantitative estimate of drug-likeness (QED) is 0.482. The number of halogens is 1. The van der Waals surface area contributed by atoms with Crippen molar-refractivity contribution < 1.29 is 4.79 Å². The zero-order chi connectivity index (χ0) is 21.2. The van der Waals surface area contributed by atoms with Gasteiger partial charge in [-0.3, -0.25) is 9.69 Å². The van der Waals surface area contributed by atoms with Crippen LogP contribution in [0.1, 0.15) is 21.7 Å². The van der Waals surface area contributed by atoms with E-state index in [1.807, 2.05) is 64.2 Å². The Balaban J connectivity index is 1.17. The van der Waals surface area contributed by atoms with Crippen LogP contribution in [0.3, 0.4) is 0 Å². The van der Waals surface area contributed by atoms with Crippen LogP contribution in [0.5, 0.6) is 0 Å². The smallest absolute Gasteiger partial charge is 0.276 e. The van der Waals surface area contributed by atoms with Gasteiger partial charge < -0.3 is 9.30 Å². The molecule has 1 aromatic carbocycles. The van der Waals surface area contributed by atoms with Gasteiger partial charge >= 0.3 is 0 Å². The summed E-state index contributed by atoms with van der Waals surface area (Å²) in [5, 5.41) is 8.89. The Bertz CT molecular complexity index is 1200. The van der Waals surface area contributed by atoms with Crippen molar-refractivity contribution in [3.63, 3.8) is 0 Å². The molecule has 1 aliphatic heterocycles. The van der Waals surface area contributed by atoms with Crippen LogP contribution in [0.2, 0.25) is 5.02 Å². The number of nitrogens with zero attached hydrogens (tertiary/aromatic N) is 7. The Kier molecular flexibility index (Phi) is 5.40. The van der Waals surface area contributed by atoms with Crippen LogP contribution in [0.4, 0.5) is 0 Å². The minimum Gasteiger partial charge on any atom is -0.335 e. The summed E-state index contributed by atoms with van der Waals surface area (Å²) >= 11 is 6.05. The molecule has 0 radical (unpaired) electrons. The summed E-state index contributed by atoms with van der Waals surface area (Å²) in [5.74, 6) is -0.0682. The zero-order valence-corrected chi connectivity index (χ0v) is 17.7. The molecule has 9 heteroatoms. The van der Waals surface area contributed by atoms with Gasteiger partial charge in [0.2, 0.25) is 0 Å². The average molecular weight is 436 g/mol. The van der Waals surface area contributed by atoms with Gasteiger partial charge in [-0.15, -0.1) is 5.10 Å². The third kappa shape index (κ3) is 4.45. The maximum absolute atomic E-state index is 12.8. The van der Waals surface area contributed by atoms with Crippen LogP contribution in [-0.4, -0.2) is 66.3 Å². The first-order valence-electron chi connectivity index (χ1n) is 10.2. The molecule has 1 aliphatic rings. The van der Waals surface area contributed by atoms with Gasteiger partial charge in [-0.1, -0.05) is 47.1 Å². The van der Waals surface area contributed by atoms with Crippen molar-refractivity contribution >= 4 is 23.2 Å². The number of carbonyl (C=O) groups excluding carboxylic acids is 1. The van der Waals surface area contributed by atoms with Crippen molar-refractivity contribution in [1.82, 2.24) is 34.2 Å². The molecule has 0 atom stereocenters. The third-order valence-electron chi connectivity index (χ3n) is 5.46. The number of imidazole rings is 1. The number of amides is 1. The van der Waals surface area contributed by atoms with Gasteiger partial charge in [0.25, 0.3) is 5.91 Å². The number of carbonyl (C=O) groups is 1. The Morgan fingerprint density at radius 1 is 0.935 bits per heavy atom. The van der Waals surface area contributed by atoms with E-state index in [2.05, 4.69) is 20.2 Å². The number of benzene rings is 1. The van der Waals surface area contributed by atoms with Crippen molar-refractivity contribution in [1.29, 1.82) is 0 Å². The lowest BCUT2D eigenvalue weighted by Gasteiger charge is -2.33. The van der Waals surface area contributed by atoms with E-state index in [4.69, 9.17) is 11.6 Å². The second-order valence-corrected chi connectivity index (χ2v) is 8.14. The van der Waals surface area contributed by atoms with Crippen LogP contribution in [0.25, 0.3) is 5.65 Å². The summed E-state index contributed by atoms with van der Waals surface area (Å²) in [7, 11) is 0. The lowest BCUT2D eigenvalue weighted by atomic mass is 10.2. The summed E-state index contributed by atoms with van der Waals surface area (Å²) in [6, 6.07) is 13.8. The average Bonchev–Trinajstić information content (AvgIpc) is 3.41. The molecule has 8 nitrogen and oxygen atoms in total. The fourth-order valence-corrected chi connectivity index (χ4v) is 4.01. The first-order chi connectivity index (χ1) is 15.1. The van der Waals surface area contributed by atoms with Gasteiger partial charge in [0.05, 0.1) is 23.5 Å². The van der Waals surface area contributed by atoms with Crippen LogP contribution in [0.15, 0.2) is 61.1 Å².